The number of hydrogen-bond donors (Lipinski definition) is 2. The van der Waals surface area contributed by atoms with E-state index in [1.54, 1.807) is 55.9 Å². The number of fused-ring (bicyclic) bond motifs is 1. The summed E-state index contributed by atoms with van der Waals surface area (Å²) in [7, 11) is -1.95. The van der Waals surface area contributed by atoms with Crippen molar-refractivity contribution in [2.45, 2.75) is 54.5 Å². The molecule has 10 heteroatoms. The highest BCUT2D eigenvalue weighted by molar-refractivity contribution is 7.92. The number of amides is 1. The minimum Gasteiger partial charge on any atom is -0.449 e. The first kappa shape index (κ1) is 23.9. The fourth-order valence-electron chi connectivity index (χ4n) is 5.07. The Balaban J connectivity index is 1.22. The van der Waals surface area contributed by atoms with Crippen molar-refractivity contribution in [1.29, 1.82) is 0 Å². The van der Waals surface area contributed by atoms with Crippen molar-refractivity contribution in [1.82, 2.24) is 20.7 Å². The van der Waals surface area contributed by atoms with Crippen LogP contribution in [-0.2, 0) is 21.1 Å². The molecule has 0 bridgehead atoms. The summed E-state index contributed by atoms with van der Waals surface area (Å²) < 4.78 is 38.1. The second-order valence-corrected chi connectivity index (χ2v) is 11.3. The van der Waals surface area contributed by atoms with Gasteiger partial charge in [-0.15, -0.1) is 0 Å². The van der Waals surface area contributed by atoms with Crippen LogP contribution in [-0.4, -0.2) is 61.9 Å². The molecular weight excluding hydrogens is 468 g/mol. The van der Waals surface area contributed by atoms with Crippen LogP contribution in [0.25, 0.3) is 11.0 Å². The topological polar surface area (TPSA) is 114 Å². The number of rotatable bonds is 7. The van der Waals surface area contributed by atoms with Gasteiger partial charge in [0, 0.05) is 44.4 Å². The second kappa shape index (κ2) is 10.1. The maximum absolute atomic E-state index is 13.4. The Morgan fingerprint density at radius 2 is 2.09 bits per heavy atom. The average molecular weight is 499 g/mol. The van der Waals surface area contributed by atoms with E-state index in [9.17, 15) is 13.2 Å². The zero-order valence-electron chi connectivity index (χ0n) is 19.6. The van der Waals surface area contributed by atoms with Crippen LogP contribution in [0.3, 0.4) is 0 Å². The number of nitrogens with zero attached hydrogens (tertiary/aromatic N) is 2. The van der Waals surface area contributed by atoms with Crippen molar-refractivity contribution in [3.8, 4) is 0 Å². The van der Waals surface area contributed by atoms with Gasteiger partial charge < -0.3 is 14.5 Å². The largest absolute Gasteiger partial charge is 0.449 e. The van der Waals surface area contributed by atoms with Crippen molar-refractivity contribution in [3.63, 3.8) is 0 Å². The minimum absolute atomic E-state index is 0.206. The Hall–Kier alpha value is -2.79. The monoisotopic (exact) mass is 498 g/mol. The molecule has 1 aromatic carbocycles. The van der Waals surface area contributed by atoms with Crippen LogP contribution >= 0.6 is 0 Å². The molecule has 3 unspecified atom stereocenters. The van der Waals surface area contributed by atoms with Gasteiger partial charge in [0.15, 0.2) is 21.2 Å². The molecule has 1 amide bonds. The highest BCUT2D eigenvalue weighted by Gasteiger charge is 2.41. The average Bonchev–Trinajstić information content (AvgIpc) is 3.57. The molecule has 1 aliphatic heterocycles. The first-order chi connectivity index (χ1) is 17.0. The summed E-state index contributed by atoms with van der Waals surface area (Å²) >= 11 is 0. The van der Waals surface area contributed by atoms with E-state index in [1.165, 1.54) is 0 Å². The van der Waals surface area contributed by atoms with Gasteiger partial charge >= 0.3 is 0 Å². The van der Waals surface area contributed by atoms with E-state index in [2.05, 4.69) is 20.7 Å². The molecule has 1 saturated carbocycles. The SMILES string of the molecule is COC1CC(N2CCCN2)CCC1S(=O)(=O)c1ccc(CNC(=O)c2cc3ccncc3o2)cc1. The summed E-state index contributed by atoms with van der Waals surface area (Å²) in [4.78, 5) is 16.7. The van der Waals surface area contributed by atoms with Crippen LogP contribution in [0.15, 0.2) is 58.1 Å². The molecule has 9 nitrogen and oxygen atoms in total. The van der Waals surface area contributed by atoms with Gasteiger partial charge in [0.2, 0.25) is 0 Å². The van der Waals surface area contributed by atoms with Crippen molar-refractivity contribution in [3.05, 3.63) is 60.1 Å². The highest BCUT2D eigenvalue weighted by Crippen LogP contribution is 2.33. The van der Waals surface area contributed by atoms with Crippen molar-refractivity contribution < 1.29 is 22.4 Å². The summed E-state index contributed by atoms with van der Waals surface area (Å²) in [6.45, 7) is 2.21. The molecule has 2 fully saturated rings. The lowest BCUT2D eigenvalue weighted by Crippen LogP contribution is -2.50. The summed E-state index contributed by atoms with van der Waals surface area (Å²) in [5, 5.41) is 5.28. The lowest BCUT2D eigenvalue weighted by Gasteiger charge is -2.38. The van der Waals surface area contributed by atoms with Gasteiger partial charge in [0.05, 0.1) is 22.4 Å². The number of aromatic nitrogens is 1. The smallest absolute Gasteiger partial charge is 0.287 e. The zero-order valence-corrected chi connectivity index (χ0v) is 20.5. The zero-order chi connectivity index (χ0) is 24.4. The van der Waals surface area contributed by atoms with E-state index >= 15 is 0 Å². The third-order valence-corrected chi connectivity index (χ3v) is 9.25. The molecule has 5 rings (SSSR count). The predicted octanol–water partition coefficient (Wildman–Crippen LogP) is 2.68. The van der Waals surface area contributed by atoms with Crippen molar-refractivity contribution in [2.75, 3.05) is 20.2 Å². The standard InChI is InChI=1S/C25H30N4O5S/c1-33-21-14-19(29-12-2-10-28-29)5-8-24(21)35(31,32)20-6-3-17(4-7-20)15-27-25(30)22-13-18-9-11-26-16-23(18)34-22/h3-4,6-7,9,11,13,16,19,21,24,28H,2,5,8,10,12,14-15H2,1H3,(H,27,30). The van der Waals surface area contributed by atoms with E-state index < -0.39 is 15.1 Å². The number of pyridine rings is 1. The van der Waals surface area contributed by atoms with Crippen LogP contribution in [0.1, 0.15) is 41.8 Å². The molecule has 1 saturated heterocycles. The number of benzene rings is 1. The van der Waals surface area contributed by atoms with Crippen LogP contribution in [0, 0.1) is 0 Å². The maximum atomic E-state index is 13.4. The van der Waals surface area contributed by atoms with Gasteiger partial charge in [-0.05, 0) is 55.5 Å². The van der Waals surface area contributed by atoms with E-state index in [4.69, 9.17) is 9.15 Å². The molecule has 3 aromatic rings. The Kier molecular flexibility index (Phi) is 6.88. The molecule has 3 heterocycles. The Bertz CT molecular complexity index is 1250. The second-order valence-electron chi connectivity index (χ2n) is 9.13. The molecule has 2 aromatic heterocycles. The number of hydrazine groups is 1. The van der Waals surface area contributed by atoms with Gasteiger partial charge in [0.25, 0.3) is 5.91 Å². The number of nitrogens with one attached hydrogen (secondary N) is 2. The summed E-state index contributed by atoms with van der Waals surface area (Å²) in [5.74, 6) is -0.136. The third kappa shape index (κ3) is 4.97. The molecule has 2 aliphatic rings. The van der Waals surface area contributed by atoms with Crippen molar-refractivity contribution >= 4 is 26.7 Å². The fourth-order valence-corrected chi connectivity index (χ4v) is 7.00. The third-order valence-electron chi connectivity index (χ3n) is 6.99. The first-order valence-corrected chi connectivity index (χ1v) is 13.5. The quantitative estimate of drug-likeness (QED) is 0.511. The van der Waals surface area contributed by atoms with Crippen LogP contribution in [0.4, 0.5) is 0 Å². The van der Waals surface area contributed by atoms with Gasteiger partial charge in [-0.1, -0.05) is 12.1 Å². The Labute approximate surface area is 204 Å². The molecule has 3 atom stereocenters. The summed E-state index contributed by atoms with van der Waals surface area (Å²) in [6.07, 6.45) is 6.04. The molecule has 35 heavy (non-hydrogen) atoms. The number of furan rings is 1. The van der Waals surface area contributed by atoms with E-state index in [1.807, 2.05) is 0 Å². The number of carbonyl (C=O) groups excluding carboxylic acids is 1. The lowest BCUT2D eigenvalue weighted by molar-refractivity contribution is 0.0246. The van der Waals surface area contributed by atoms with Crippen molar-refractivity contribution in [2.24, 2.45) is 0 Å². The number of sulfone groups is 1. The van der Waals surface area contributed by atoms with Crippen LogP contribution < -0.4 is 10.7 Å². The number of methoxy groups -OCH3 is 1. The molecule has 0 radical (unpaired) electrons. The van der Waals surface area contributed by atoms with Crippen LogP contribution in [0.2, 0.25) is 0 Å². The van der Waals surface area contributed by atoms with Crippen LogP contribution in [0.5, 0.6) is 0 Å². The van der Waals surface area contributed by atoms with E-state index in [0.717, 1.165) is 36.9 Å². The van der Waals surface area contributed by atoms with Gasteiger partial charge in [-0.25, -0.2) is 13.4 Å². The Morgan fingerprint density at radius 3 is 2.80 bits per heavy atom. The van der Waals surface area contributed by atoms with E-state index in [0.29, 0.717) is 24.5 Å². The van der Waals surface area contributed by atoms with E-state index in [-0.39, 0.29) is 29.2 Å². The molecule has 2 N–H and O–H groups in total. The minimum atomic E-state index is -3.55. The Morgan fingerprint density at radius 1 is 1.26 bits per heavy atom. The lowest BCUT2D eigenvalue weighted by atomic mass is 9.92. The maximum Gasteiger partial charge on any atom is 0.287 e. The molecule has 1 aliphatic carbocycles. The molecular formula is C25H30N4O5S. The van der Waals surface area contributed by atoms with Gasteiger partial charge in [-0.2, -0.15) is 0 Å². The highest BCUT2D eigenvalue weighted by atomic mass is 32.2. The fraction of sp³-hybridized carbons (Fsp3) is 0.440. The molecule has 0 spiro atoms. The van der Waals surface area contributed by atoms with Gasteiger partial charge in [0.1, 0.15) is 0 Å². The summed E-state index contributed by atoms with van der Waals surface area (Å²) in [6, 6.07) is 10.4. The molecule has 186 valence electrons. The number of ether oxygens (including phenoxy) is 1. The predicted molar refractivity (Wildman–Crippen MR) is 130 cm³/mol. The van der Waals surface area contributed by atoms with Gasteiger partial charge in [-0.3, -0.25) is 15.2 Å². The summed E-state index contributed by atoms with van der Waals surface area (Å²) in [5.41, 5.74) is 4.73. The number of hydrogen-bond acceptors (Lipinski definition) is 8. The first-order valence-electron chi connectivity index (χ1n) is 11.9. The normalized spacial score (nSPS) is 23.5. The number of carbonyl (C=O) groups is 1.